The predicted octanol–water partition coefficient (Wildman–Crippen LogP) is 4.01. The molecule has 0 fully saturated rings. The molecule has 2 aromatic carbocycles. The van der Waals surface area contributed by atoms with Crippen LogP contribution in [0.2, 0.25) is 10.0 Å². The molecule has 0 unspecified atom stereocenters. The molecular formula is C20H16Cl3N5O4S. The van der Waals surface area contributed by atoms with E-state index < -0.39 is 22.5 Å². The van der Waals surface area contributed by atoms with Crippen LogP contribution in [-0.4, -0.2) is 40.8 Å². The van der Waals surface area contributed by atoms with Gasteiger partial charge < -0.3 is 10.8 Å². The first-order valence-corrected chi connectivity index (χ1v) is 11.3. The lowest BCUT2D eigenvalue weighted by molar-refractivity contribution is -0.135. The second-order valence-electron chi connectivity index (χ2n) is 6.76. The van der Waals surface area contributed by atoms with Crippen LogP contribution in [0.15, 0.2) is 65.7 Å². The van der Waals surface area contributed by atoms with Gasteiger partial charge in [0.2, 0.25) is 0 Å². The molecule has 0 amide bonds. The van der Waals surface area contributed by atoms with Gasteiger partial charge in [-0.1, -0.05) is 23.2 Å². The number of anilines is 2. The number of nitrogens with zero attached hydrogens (tertiary/aromatic N) is 4. The number of hydrogen-bond acceptors (Lipinski definition) is 6. The lowest BCUT2D eigenvalue weighted by atomic mass is 10.2. The van der Waals surface area contributed by atoms with Crippen LogP contribution < -0.4 is 10.0 Å². The summed E-state index contributed by atoms with van der Waals surface area (Å²) >= 11 is 11.9. The molecule has 13 heteroatoms. The largest absolute Gasteiger partial charge is 0.480 e. The molecule has 0 radical (unpaired) electrons. The topological polar surface area (TPSA) is 131 Å². The fraction of sp³-hybridized carbons (Fsp3) is 0.0500. The Labute approximate surface area is 204 Å². The first kappa shape index (κ1) is 24.6. The van der Waals surface area contributed by atoms with Crippen LogP contribution in [-0.2, 0) is 14.8 Å². The molecule has 0 aliphatic rings. The number of carbonyl (C=O) groups is 1. The number of carboxylic acids is 1. The summed E-state index contributed by atoms with van der Waals surface area (Å²) in [6.45, 7) is -0.790. The van der Waals surface area contributed by atoms with Gasteiger partial charge >= 0.3 is 5.97 Å². The summed E-state index contributed by atoms with van der Waals surface area (Å²) in [4.78, 5) is 11.3. The predicted molar refractivity (Wildman–Crippen MR) is 129 cm³/mol. The number of sulfonamides is 1. The van der Waals surface area contributed by atoms with Gasteiger partial charge in [-0.25, -0.2) is 8.42 Å². The Balaban J connectivity index is 0.00000306. The van der Waals surface area contributed by atoms with Gasteiger partial charge in [0.15, 0.2) is 5.82 Å². The maximum atomic E-state index is 13.3. The normalized spacial score (nSPS) is 11.2. The number of carboxylic acid groups (broad SMARTS) is 1. The van der Waals surface area contributed by atoms with Gasteiger partial charge in [0.05, 0.1) is 16.1 Å². The molecule has 2 heterocycles. The van der Waals surface area contributed by atoms with Gasteiger partial charge in [-0.3, -0.25) is 13.7 Å². The molecule has 4 rings (SSSR count). The molecule has 0 aliphatic carbocycles. The summed E-state index contributed by atoms with van der Waals surface area (Å²) in [6, 6.07) is 13.6. The summed E-state index contributed by atoms with van der Waals surface area (Å²) in [5, 5.41) is 18.1. The van der Waals surface area contributed by atoms with Crippen molar-refractivity contribution in [3.8, 4) is 5.82 Å². The highest BCUT2D eigenvalue weighted by Gasteiger charge is 2.28. The highest BCUT2D eigenvalue weighted by atomic mass is 35.5. The fourth-order valence-electron chi connectivity index (χ4n) is 3.19. The number of hydrogen-bond donors (Lipinski definition) is 2. The zero-order valence-corrected chi connectivity index (χ0v) is 19.7. The lowest BCUT2D eigenvalue weighted by Gasteiger charge is -2.23. The first-order chi connectivity index (χ1) is 15.1. The molecule has 0 bridgehead atoms. The second-order valence-corrected chi connectivity index (χ2v) is 9.49. The maximum Gasteiger partial charge on any atom is 0.324 e. The van der Waals surface area contributed by atoms with Gasteiger partial charge in [-0.2, -0.15) is 0 Å². The van der Waals surface area contributed by atoms with E-state index in [1.54, 1.807) is 41.1 Å². The van der Waals surface area contributed by atoms with Crippen molar-refractivity contribution >= 4 is 74.0 Å². The van der Waals surface area contributed by atoms with Crippen molar-refractivity contribution in [1.82, 2.24) is 14.8 Å². The van der Waals surface area contributed by atoms with Crippen LogP contribution in [0, 0.1) is 0 Å². The number of benzene rings is 2. The van der Waals surface area contributed by atoms with Gasteiger partial charge in [-0.05, 0) is 54.6 Å². The van der Waals surface area contributed by atoms with E-state index >= 15 is 0 Å². The Bertz CT molecular complexity index is 1420. The number of nitrogen functional groups attached to an aromatic ring is 1. The van der Waals surface area contributed by atoms with Crippen molar-refractivity contribution in [2.24, 2.45) is 0 Å². The molecule has 0 atom stereocenters. The Hall–Kier alpha value is -3.05. The molecule has 2 aromatic heterocycles. The third-order valence-corrected chi connectivity index (χ3v) is 6.77. The summed E-state index contributed by atoms with van der Waals surface area (Å²) < 4.78 is 29.1. The summed E-state index contributed by atoms with van der Waals surface area (Å²) in [5.41, 5.74) is 6.46. The van der Waals surface area contributed by atoms with E-state index in [2.05, 4.69) is 10.2 Å². The molecule has 0 spiro atoms. The zero-order valence-electron chi connectivity index (χ0n) is 16.6. The summed E-state index contributed by atoms with van der Waals surface area (Å²) in [6.07, 6.45) is 1.74. The smallest absolute Gasteiger partial charge is 0.324 e. The lowest BCUT2D eigenvalue weighted by Crippen LogP contribution is -2.35. The van der Waals surface area contributed by atoms with Crippen molar-refractivity contribution in [2.75, 3.05) is 16.6 Å². The Kier molecular flexibility index (Phi) is 7.03. The van der Waals surface area contributed by atoms with Crippen LogP contribution in [0.4, 0.5) is 11.5 Å². The number of aliphatic carboxylic acids is 1. The molecule has 4 aromatic rings. The van der Waals surface area contributed by atoms with Gasteiger partial charge in [0.1, 0.15) is 12.4 Å². The minimum atomic E-state index is -4.27. The van der Waals surface area contributed by atoms with Gasteiger partial charge in [-0.15, -0.1) is 22.6 Å². The maximum absolute atomic E-state index is 13.3. The second kappa shape index (κ2) is 9.44. The van der Waals surface area contributed by atoms with E-state index in [4.69, 9.17) is 28.9 Å². The molecular weight excluding hydrogens is 513 g/mol. The van der Waals surface area contributed by atoms with Crippen LogP contribution in [0.25, 0.3) is 16.7 Å². The van der Waals surface area contributed by atoms with Crippen LogP contribution in [0.3, 0.4) is 0 Å². The number of halogens is 3. The van der Waals surface area contributed by atoms with E-state index in [0.29, 0.717) is 16.7 Å². The van der Waals surface area contributed by atoms with Crippen LogP contribution in [0.1, 0.15) is 0 Å². The van der Waals surface area contributed by atoms with E-state index in [-0.39, 0.29) is 38.9 Å². The van der Waals surface area contributed by atoms with Crippen molar-refractivity contribution in [3.05, 3.63) is 70.8 Å². The standard InChI is InChI=1S/C20H15Cl2N5O4S.ClH/c21-13-8-14(22)10-16(9-13)32(30,31)27(11-20(28)29)15-1-2-17-12(7-15)5-6-26(17)19-4-3-18(23)24-25-19;/h1-10H,11H2,(H2,23,24)(H,28,29);1H. The summed E-state index contributed by atoms with van der Waals surface area (Å²) in [7, 11) is -4.27. The Morgan fingerprint density at radius 2 is 1.73 bits per heavy atom. The molecule has 0 aliphatic heterocycles. The summed E-state index contributed by atoms with van der Waals surface area (Å²) in [5.74, 6) is -0.523. The average Bonchev–Trinajstić information content (AvgIpc) is 3.15. The van der Waals surface area contributed by atoms with Crippen molar-refractivity contribution in [1.29, 1.82) is 0 Å². The SMILES string of the molecule is Cl.Nc1ccc(-n2ccc3cc(N(CC(=O)O)S(=O)(=O)c4cc(Cl)cc(Cl)c4)ccc32)nn1. The monoisotopic (exact) mass is 527 g/mol. The third kappa shape index (κ3) is 4.98. The molecule has 9 nitrogen and oxygen atoms in total. The highest BCUT2D eigenvalue weighted by Crippen LogP contribution is 2.31. The van der Waals surface area contributed by atoms with E-state index in [1.807, 2.05) is 0 Å². The van der Waals surface area contributed by atoms with Crippen LogP contribution >= 0.6 is 35.6 Å². The quantitative estimate of drug-likeness (QED) is 0.386. The van der Waals surface area contributed by atoms with Gasteiger partial charge in [0.25, 0.3) is 10.0 Å². The minimum absolute atomic E-state index is 0. The van der Waals surface area contributed by atoms with Crippen molar-refractivity contribution in [3.63, 3.8) is 0 Å². The van der Waals surface area contributed by atoms with Gasteiger partial charge in [0, 0.05) is 21.6 Å². The van der Waals surface area contributed by atoms with E-state index in [1.165, 1.54) is 24.3 Å². The molecule has 3 N–H and O–H groups in total. The third-order valence-electron chi connectivity index (χ3n) is 4.58. The molecule has 0 saturated carbocycles. The number of nitrogens with two attached hydrogens (primary N) is 1. The van der Waals surface area contributed by atoms with Crippen molar-refractivity contribution in [2.45, 2.75) is 4.90 Å². The molecule has 33 heavy (non-hydrogen) atoms. The van der Waals surface area contributed by atoms with E-state index in [0.717, 1.165) is 4.31 Å². The first-order valence-electron chi connectivity index (χ1n) is 9.06. The van der Waals surface area contributed by atoms with Crippen molar-refractivity contribution < 1.29 is 18.3 Å². The number of fused-ring (bicyclic) bond motifs is 1. The highest BCUT2D eigenvalue weighted by molar-refractivity contribution is 7.92. The van der Waals surface area contributed by atoms with Crippen LogP contribution in [0.5, 0.6) is 0 Å². The Morgan fingerprint density at radius 1 is 1.03 bits per heavy atom. The number of rotatable bonds is 6. The fourth-order valence-corrected chi connectivity index (χ4v) is 5.32. The Morgan fingerprint density at radius 3 is 2.33 bits per heavy atom. The van der Waals surface area contributed by atoms with E-state index in [9.17, 15) is 18.3 Å². The number of aromatic nitrogens is 3. The molecule has 172 valence electrons. The minimum Gasteiger partial charge on any atom is -0.480 e. The average molecular weight is 529 g/mol. The molecule has 0 saturated heterocycles. The zero-order chi connectivity index (χ0) is 23.0.